The van der Waals surface area contributed by atoms with Crippen LogP contribution in [0, 0.1) is 20.8 Å². The van der Waals surface area contributed by atoms with Crippen LogP contribution in [0.15, 0.2) is 29.3 Å². The fraction of sp³-hybridized carbons (Fsp3) is 0.316. The highest BCUT2D eigenvalue weighted by Crippen LogP contribution is 2.37. The molecule has 3 rings (SSSR count). The van der Waals surface area contributed by atoms with Gasteiger partial charge in [-0.3, -0.25) is 9.52 Å². The molecule has 0 fully saturated rings. The number of nitrogens with zero attached hydrogens (tertiary/aromatic N) is 2. The molecule has 0 spiro atoms. The van der Waals surface area contributed by atoms with Gasteiger partial charge in [0.15, 0.2) is 5.78 Å². The maximum atomic E-state index is 12.9. The van der Waals surface area contributed by atoms with Crippen LogP contribution >= 0.6 is 23.1 Å². The zero-order valence-corrected chi connectivity index (χ0v) is 18.7. The quantitative estimate of drug-likeness (QED) is 0.352. The van der Waals surface area contributed by atoms with Gasteiger partial charge in [-0.1, -0.05) is 11.8 Å². The van der Waals surface area contributed by atoms with E-state index in [4.69, 9.17) is 0 Å². The third kappa shape index (κ3) is 4.53. The maximum Gasteiger partial charge on any atom is 0.229 e. The minimum Gasteiger partial charge on any atom is -0.293 e. The molecule has 3 aromatic rings. The first-order chi connectivity index (χ1) is 13.0. The van der Waals surface area contributed by atoms with Crippen molar-refractivity contribution >= 4 is 54.8 Å². The molecule has 0 radical (unpaired) electrons. The minimum absolute atomic E-state index is 0.0371. The zero-order chi connectivity index (χ0) is 20.6. The average molecular weight is 436 g/mol. The third-order valence-corrected chi connectivity index (χ3v) is 7.03. The second-order valence-corrected chi connectivity index (χ2v) is 10.9. The number of carbonyl (C=O) groups is 1. The van der Waals surface area contributed by atoms with E-state index in [2.05, 4.69) is 28.5 Å². The second kappa shape index (κ2) is 7.81. The van der Waals surface area contributed by atoms with E-state index in [9.17, 15) is 13.2 Å². The van der Waals surface area contributed by atoms with Crippen molar-refractivity contribution in [2.75, 3.05) is 11.0 Å². The lowest BCUT2D eigenvalue weighted by atomic mass is 10.1. The summed E-state index contributed by atoms with van der Waals surface area (Å²) in [6, 6.07) is 6.44. The molecule has 0 aliphatic heterocycles. The number of benzene rings is 1. The topological polar surface area (TPSA) is 89.0 Å². The fourth-order valence-electron chi connectivity index (χ4n) is 2.77. The second-order valence-electron chi connectivity index (χ2n) is 6.62. The summed E-state index contributed by atoms with van der Waals surface area (Å²) in [6.07, 6.45) is 1.09. The van der Waals surface area contributed by atoms with E-state index in [0.29, 0.717) is 17.1 Å². The summed E-state index contributed by atoms with van der Waals surface area (Å²) >= 11 is 3.07. The molecule has 1 aromatic carbocycles. The Labute approximate surface area is 172 Å². The van der Waals surface area contributed by atoms with Crippen LogP contribution in [0.25, 0.3) is 10.2 Å². The van der Waals surface area contributed by atoms with E-state index in [1.54, 1.807) is 35.6 Å². The van der Waals surface area contributed by atoms with E-state index < -0.39 is 10.0 Å². The molecule has 148 valence electrons. The molecule has 0 unspecified atom stereocenters. The van der Waals surface area contributed by atoms with Crippen LogP contribution < -0.4 is 4.72 Å². The van der Waals surface area contributed by atoms with Crippen molar-refractivity contribution in [2.45, 2.75) is 38.0 Å². The smallest absolute Gasteiger partial charge is 0.229 e. The van der Waals surface area contributed by atoms with Crippen molar-refractivity contribution < 1.29 is 13.2 Å². The molecule has 1 N–H and O–H groups in total. The van der Waals surface area contributed by atoms with Gasteiger partial charge in [0, 0.05) is 21.5 Å². The zero-order valence-electron chi connectivity index (χ0n) is 16.2. The van der Waals surface area contributed by atoms with Gasteiger partial charge in [0.25, 0.3) is 0 Å². The van der Waals surface area contributed by atoms with Gasteiger partial charge < -0.3 is 0 Å². The van der Waals surface area contributed by atoms with Crippen LogP contribution in [-0.4, -0.2) is 35.7 Å². The van der Waals surface area contributed by atoms with Gasteiger partial charge in [-0.05, 0) is 57.5 Å². The molecule has 0 aliphatic carbocycles. The summed E-state index contributed by atoms with van der Waals surface area (Å²) in [5, 5.41) is 1.50. The molecule has 9 heteroatoms. The number of carbonyl (C=O) groups excluding carboxylic acids is 1. The largest absolute Gasteiger partial charge is 0.293 e. The number of hydrogen-bond acceptors (Lipinski definition) is 7. The summed E-state index contributed by atoms with van der Waals surface area (Å²) in [4.78, 5) is 24.1. The van der Waals surface area contributed by atoms with Crippen molar-refractivity contribution in [1.29, 1.82) is 0 Å². The number of anilines is 1. The van der Waals surface area contributed by atoms with Gasteiger partial charge in [-0.2, -0.15) is 0 Å². The first-order valence-electron chi connectivity index (χ1n) is 8.58. The molecule has 0 amide bonds. The Morgan fingerprint density at radius 3 is 2.39 bits per heavy atom. The van der Waals surface area contributed by atoms with E-state index in [1.807, 2.05) is 13.8 Å². The van der Waals surface area contributed by atoms with Gasteiger partial charge in [-0.25, -0.2) is 18.4 Å². The van der Waals surface area contributed by atoms with Crippen LogP contribution in [0.3, 0.4) is 0 Å². The average Bonchev–Trinajstić information content (AvgIpc) is 2.87. The van der Waals surface area contributed by atoms with E-state index in [0.717, 1.165) is 27.1 Å². The summed E-state index contributed by atoms with van der Waals surface area (Å²) in [6.45, 7) is 7.82. The standard InChI is InChI=1S/C19H21N3O3S3/c1-10-11(2)26-18-16(10)19(21-13(4)20-18)27-12(3)17(23)14-6-8-15(9-7-14)22-28(5,24)25/h6-9,12,22H,1-5H3/t12-/m1/s1. The Balaban J connectivity index is 1.84. The van der Waals surface area contributed by atoms with Crippen molar-refractivity contribution in [3.63, 3.8) is 0 Å². The lowest BCUT2D eigenvalue weighted by Crippen LogP contribution is -2.14. The van der Waals surface area contributed by atoms with Crippen LogP contribution in [0.5, 0.6) is 0 Å². The highest BCUT2D eigenvalue weighted by molar-refractivity contribution is 8.00. The Bertz CT molecular complexity index is 1150. The molecule has 0 saturated heterocycles. The van der Waals surface area contributed by atoms with Crippen LogP contribution in [0.4, 0.5) is 5.69 Å². The Morgan fingerprint density at radius 1 is 1.14 bits per heavy atom. The van der Waals surface area contributed by atoms with Crippen molar-refractivity contribution in [3.05, 3.63) is 46.1 Å². The van der Waals surface area contributed by atoms with E-state index >= 15 is 0 Å². The number of Topliss-reactive ketones (excluding diaryl/α,β-unsaturated/α-hetero) is 1. The third-order valence-electron chi connectivity index (χ3n) is 4.24. The Hall–Kier alpha value is -1.97. The number of aryl methyl sites for hydroxylation is 3. The number of aromatic nitrogens is 2. The molecule has 0 bridgehead atoms. The molecular weight excluding hydrogens is 414 g/mol. The first-order valence-corrected chi connectivity index (χ1v) is 12.2. The normalized spacial score (nSPS) is 12.9. The highest BCUT2D eigenvalue weighted by Gasteiger charge is 2.21. The van der Waals surface area contributed by atoms with E-state index in [1.165, 1.54) is 16.6 Å². The minimum atomic E-state index is -3.35. The van der Waals surface area contributed by atoms with Gasteiger partial charge >= 0.3 is 0 Å². The molecule has 0 aliphatic rings. The molecular formula is C19H21N3O3S3. The molecule has 6 nitrogen and oxygen atoms in total. The number of sulfonamides is 1. The molecule has 28 heavy (non-hydrogen) atoms. The number of rotatable bonds is 6. The lowest BCUT2D eigenvalue weighted by molar-refractivity contribution is 0.0994. The van der Waals surface area contributed by atoms with Crippen LogP contribution in [-0.2, 0) is 10.0 Å². The molecule has 1 atom stereocenters. The monoisotopic (exact) mass is 435 g/mol. The van der Waals surface area contributed by atoms with Gasteiger partial charge in [0.2, 0.25) is 10.0 Å². The number of thiophene rings is 1. The molecule has 0 saturated carbocycles. The number of ketones is 1. The Kier molecular flexibility index (Phi) is 5.79. The summed E-state index contributed by atoms with van der Waals surface area (Å²) in [7, 11) is -3.35. The number of nitrogens with one attached hydrogen (secondary N) is 1. The predicted octanol–water partition coefficient (Wildman–Crippen LogP) is 4.35. The summed E-state index contributed by atoms with van der Waals surface area (Å²) in [5.41, 5.74) is 2.11. The van der Waals surface area contributed by atoms with E-state index in [-0.39, 0.29) is 11.0 Å². The van der Waals surface area contributed by atoms with Gasteiger partial charge in [0.1, 0.15) is 15.7 Å². The van der Waals surface area contributed by atoms with Gasteiger partial charge in [-0.15, -0.1) is 11.3 Å². The number of fused-ring (bicyclic) bond motifs is 1. The highest BCUT2D eigenvalue weighted by atomic mass is 32.2. The van der Waals surface area contributed by atoms with Gasteiger partial charge in [0.05, 0.1) is 11.5 Å². The van der Waals surface area contributed by atoms with Crippen molar-refractivity contribution in [3.8, 4) is 0 Å². The van der Waals surface area contributed by atoms with Crippen molar-refractivity contribution in [2.24, 2.45) is 0 Å². The van der Waals surface area contributed by atoms with Crippen molar-refractivity contribution in [1.82, 2.24) is 9.97 Å². The molecule has 2 heterocycles. The lowest BCUT2D eigenvalue weighted by Gasteiger charge is -2.12. The van der Waals surface area contributed by atoms with Crippen LogP contribution in [0.1, 0.15) is 33.5 Å². The number of hydrogen-bond donors (Lipinski definition) is 1. The summed E-state index contributed by atoms with van der Waals surface area (Å²) < 4.78 is 25.0. The maximum absolute atomic E-state index is 12.9. The summed E-state index contributed by atoms with van der Waals surface area (Å²) in [5.74, 6) is 0.650. The number of thioether (sulfide) groups is 1. The fourth-order valence-corrected chi connectivity index (χ4v) is 5.61. The SMILES string of the molecule is Cc1nc(S[C@H](C)C(=O)c2ccc(NS(C)(=O)=O)cc2)c2c(C)c(C)sc2n1. The predicted molar refractivity (Wildman–Crippen MR) is 116 cm³/mol. The molecule has 2 aromatic heterocycles. The Morgan fingerprint density at radius 2 is 1.79 bits per heavy atom. The van der Waals surface area contributed by atoms with Crippen LogP contribution in [0.2, 0.25) is 0 Å². The first kappa shape index (κ1) is 20.8.